The number of nitrogens with one attached hydrogen (secondary N) is 3. The zero-order valence-electron chi connectivity index (χ0n) is 14.5. The second-order valence-corrected chi connectivity index (χ2v) is 6.93. The Morgan fingerprint density at radius 1 is 1.12 bits per heavy atom. The summed E-state index contributed by atoms with van der Waals surface area (Å²) in [6.45, 7) is 3.71. The van der Waals surface area contributed by atoms with E-state index in [1.807, 2.05) is 12.1 Å². The Kier molecular flexibility index (Phi) is 5.75. The third-order valence-electron chi connectivity index (χ3n) is 5.04. The molecular formula is C18H27N4O3+. The standard InChI is InChI=1S/C18H26N4O3/c23-16-7-5-15(6-8-16)22-11-9-21(10-12-22)13-17(24)20-18(25)19-14-3-1-2-4-14/h5-8,14,23H,1-4,9-13H2,(H2,19,20,24,25)/p+1. The maximum Gasteiger partial charge on any atom is 0.321 e. The van der Waals surface area contributed by atoms with Crippen LogP contribution < -0.4 is 20.4 Å². The number of piperazine rings is 1. The molecule has 1 heterocycles. The fourth-order valence-corrected chi connectivity index (χ4v) is 3.61. The van der Waals surface area contributed by atoms with E-state index in [0.29, 0.717) is 6.54 Å². The van der Waals surface area contributed by atoms with Crippen molar-refractivity contribution in [2.24, 2.45) is 0 Å². The van der Waals surface area contributed by atoms with Crippen LogP contribution >= 0.6 is 0 Å². The molecular weight excluding hydrogens is 320 g/mol. The Hall–Kier alpha value is -2.28. The largest absolute Gasteiger partial charge is 0.508 e. The molecule has 1 saturated heterocycles. The molecule has 1 aromatic carbocycles. The van der Waals surface area contributed by atoms with Gasteiger partial charge in [-0.05, 0) is 37.1 Å². The van der Waals surface area contributed by atoms with Crippen molar-refractivity contribution in [3.05, 3.63) is 24.3 Å². The number of hydrogen-bond donors (Lipinski definition) is 4. The van der Waals surface area contributed by atoms with E-state index in [1.54, 1.807) is 12.1 Å². The molecule has 1 aliphatic heterocycles. The van der Waals surface area contributed by atoms with Gasteiger partial charge in [-0.1, -0.05) is 12.8 Å². The van der Waals surface area contributed by atoms with Crippen LogP contribution in [0.4, 0.5) is 10.5 Å². The van der Waals surface area contributed by atoms with Gasteiger partial charge < -0.3 is 20.2 Å². The van der Waals surface area contributed by atoms with E-state index in [2.05, 4.69) is 15.5 Å². The normalized spacial score (nSPS) is 19.0. The lowest BCUT2D eigenvalue weighted by Gasteiger charge is -2.33. The van der Waals surface area contributed by atoms with Crippen LogP contribution in [0, 0.1) is 0 Å². The summed E-state index contributed by atoms with van der Waals surface area (Å²) in [6, 6.07) is 7.03. The molecule has 136 valence electrons. The minimum absolute atomic E-state index is 0.217. The first-order chi connectivity index (χ1) is 12.1. The van der Waals surface area contributed by atoms with Gasteiger partial charge in [-0.2, -0.15) is 0 Å². The predicted molar refractivity (Wildman–Crippen MR) is 94.8 cm³/mol. The lowest BCUT2D eigenvalue weighted by atomic mass is 10.2. The summed E-state index contributed by atoms with van der Waals surface area (Å²) in [7, 11) is 0. The third kappa shape index (κ3) is 5.09. The van der Waals surface area contributed by atoms with Crippen LogP contribution in [0.2, 0.25) is 0 Å². The SMILES string of the molecule is O=C(C[NH+]1CCN(c2ccc(O)cc2)CC1)NC(=O)NC1CCCC1. The summed E-state index contributed by atoms with van der Waals surface area (Å²) in [5.41, 5.74) is 1.08. The average molecular weight is 347 g/mol. The number of urea groups is 1. The van der Waals surface area contributed by atoms with Crippen LogP contribution in [-0.2, 0) is 4.79 Å². The first-order valence-corrected chi connectivity index (χ1v) is 9.08. The monoisotopic (exact) mass is 347 g/mol. The second-order valence-electron chi connectivity index (χ2n) is 6.93. The lowest BCUT2D eigenvalue weighted by Crippen LogP contribution is -3.16. The van der Waals surface area contributed by atoms with E-state index >= 15 is 0 Å². The molecule has 0 bridgehead atoms. The van der Waals surface area contributed by atoms with Crippen molar-refractivity contribution in [3.63, 3.8) is 0 Å². The van der Waals surface area contributed by atoms with Crippen molar-refractivity contribution in [2.75, 3.05) is 37.6 Å². The number of rotatable bonds is 4. The van der Waals surface area contributed by atoms with E-state index in [4.69, 9.17) is 0 Å². The molecule has 1 aliphatic carbocycles. The predicted octanol–water partition coefficient (Wildman–Crippen LogP) is -0.134. The molecule has 0 unspecified atom stereocenters. The first kappa shape index (κ1) is 17.5. The van der Waals surface area contributed by atoms with Crippen LogP contribution in [0.5, 0.6) is 5.75 Å². The molecule has 25 heavy (non-hydrogen) atoms. The van der Waals surface area contributed by atoms with Crippen molar-refractivity contribution in [1.82, 2.24) is 10.6 Å². The van der Waals surface area contributed by atoms with Crippen molar-refractivity contribution in [3.8, 4) is 5.75 Å². The van der Waals surface area contributed by atoms with Gasteiger partial charge in [0, 0.05) is 11.7 Å². The maximum atomic E-state index is 12.1. The number of carbonyl (C=O) groups excluding carboxylic acids is 2. The summed E-state index contributed by atoms with van der Waals surface area (Å²) in [6.07, 6.45) is 4.31. The Labute approximate surface area is 148 Å². The first-order valence-electron chi connectivity index (χ1n) is 9.08. The number of aromatic hydroxyl groups is 1. The van der Waals surface area contributed by atoms with Crippen molar-refractivity contribution in [1.29, 1.82) is 0 Å². The van der Waals surface area contributed by atoms with Crippen LogP contribution in [0.25, 0.3) is 0 Å². The summed E-state index contributed by atoms with van der Waals surface area (Å²) < 4.78 is 0. The Morgan fingerprint density at radius 2 is 1.76 bits per heavy atom. The second kappa shape index (κ2) is 8.20. The van der Waals surface area contributed by atoms with Gasteiger partial charge in [-0.3, -0.25) is 10.1 Å². The summed E-state index contributed by atoms with van der Waals surface area (Å²) in [5.74, 6) is 0.0455. The van der Waals surface area contributed by atoms with Crippen LogP contribution in [0.3, 0.4) is 0 Å². The summed E-state index contributed by atoms with van der Waals surface area (Å²) in [5, 5.41) is 14.7. The smallest absolute Gasteiger partial charge is 0.321 e. The molecule has 2 fully saturated rings. The van der Waals surface area contributed by atoms with E-state index < -0.39 is 0 Å². The zero-order chi connectivity index (χ0) is 17.6. The summed E-state index contributed by atoms with van der Waals surface area (Å²) in [4.78, 5) is 27.3. The van der Waals surface area contributed by atoms with E-state index in [-0.39, 0.29) is 23.7 Å². The molecule has 7 heteroatoms. The minimum atomic E-state index is -0.362. The quantitative estimate of drug-likeness (QED) is 0.611. The van der Waals surface area contributed by atoms with Crippen molar-refractivity contribution in [2.45, 2.75) is 31.7 Å². The van der Waals surface area contributed by atoms with Crippen molar-refractivity contribution < 1.29 is 19.6 Å². The van der Waals surface area contributed by atoms with E-state index in [0.717, 1.165) is 57.5 Å². The highest BCUT2D eigenvalue weighted by atomic mass is 16.3. The highest BCUT2D eigenvalue weighted by Crippen LogP contribution is 2.18. The van der Waals surface area contributed by atoms with Gasteiger partial charge in [0.15, 0.2) is 6.54 Å². The number of hydrogen-bond acceptors (Lipinski definition) is 4. The number of benzene rings is 1. The third-order valence-corrected chi connectivity index (χ3v) is 5.04. The maximum absolute atomic E-state index is 12.1. The Balaban J connectivity index is 1.38. The molecule has 7 nitrogen and oxygen atoms in total. The zero-order valence-corrected chi connectivity index (χ0v) is 14.5. The number of quaternary nitrogens is 1. The number of anilines is 1. The van der Waals surface area contributed by atoms with Gasteiger partial charge in [-0.25, -0.2) is 4.79 Å². The van der Waals surface area contributed by atoms with Crippen LogP contribution in [-0.4, -0.2) is 55.8 Å². The van der Waals surface area contributed by atoms with Gasteiger partial charge in [0.05, 0.1) is 26.2 Å². The van der Waals surface area contributed by atoms with Gasteiger partial charge in [0.2, 0.25) is 0 Å². The van der Waals surface area contributed by atoms with Crippen LogP contribution in [0.15, 0.2) is 24.3 Å². The lowest BCUT2D eigenvalue weighted by molar-refractivity contribution is -0.892. The molecule has 0 spiro atoms. The minimum Gasteiger partial charge on any atom is -0.508 e. The highest BCUT2D eigenvalue weighted by molar-refractivity contribution is 5.94. The highest BCUT2D eigenvalue weighted by Gasteiger charge is 2.24. The molecule has 0 radical (unpaired) electrons. The van der Waals surface area contributed by atoms with Gasteiger partial charge >= 0.3 is 6.03 Å². The van der Waals surface area contributed by atoms with E-state index in [9.17, 15) is 14.7 Å². The molecule has 1 aromatic rings. The van der Waals surface area contributed by atoms with E-state index in [1.165, 1.54) is 4.90 Å². The van der Waals surface area contributed by atoms with Crippen LogP contribution in [0.1, 0.15) is 25.7 Å². The summed E-state index contributed by atoms with van der Waals surface area (Å²) >= 11 is 0. The number of phenols is 1. The number of imide groups is 1. The number of nitrogens with zero attached hydrogens (tertiary/aromatic N) is 1. The Morgan fingerprint density at radius 3 is 2.40 bits per heavy atom. The molecule has 1 saturated carbocycles. The fraction of sp³-hybridized carbons (Fsp3) is 0.556. The van der Waals surface area contributed by atoms with Gasteiger partial charge in [0.1, 0.15) is 5.75 Å². The molecule has 3 amide bonds. The average Bonchev–Trinajstić information content (AvgIpc) is 3.09. The van der Waals surface area contributed by atoms with Gasteiger partial charge in [0.25, 0.3) is 5.91 Å². The fourth-order valence-electron chi connectivity index (χ4n) is 3.61. The van der Waals surface area contributed by atoms with Crippen molar-refractivity contribution >= 4 is 17.6 Å². The van der Waals surface area contributed by atoms with Gasteiger partial charge in [-0.15, -0.1) is 0 Å². The molecule has 3 rings (SSSR count). The topological polar surface area (TPSA) is 86.1 Å². The molecule has 0 aromatic heterocycles. The molecule has 0 atom stereocenters. The number of carbonyl (C=O) groups is 2. The molecule has 2 aliphatic rings. The number of phenolic OH excluding ortho intramolecular Hbond substituents is 1. The number of amides is 3. The molecule has 4 N–H and O–H groups in total. The Bertz CT molecular complexity index is 591.